The summed E-state index contributed by atoms with van der Waals surface area (Å²) in [4.78, 5) is 8.17. The van der Waals surface area contributed by atoms with Gasteiger partial charge >= 0.3 is 6.55 Å². The van der Waals surface area contributed by atoms with Crippen LogP contribution in [0.15, 0.2) is 40.1 Å². The molecule has 0 spiro atoms. The number of nitrogens with zero attached hydrogens (tertiary/aromatic N) is 3. The van der Waals surface area contributed by atoms with E-state index in [1.165, 1.54) is 18.5 Å². The Labute approximate surface area is 158 Å². The van der Waals surface area contributed by atoms with Crippen molar-refractivity contribution in [3.8, 4) is 0 Å². The van der Waals surface area contributed by atoms with Crippen LogP contribution in [0.4, 0.5) is 13.2 Å². The lowest BCUT2D eigenvalue weighted by Gasteiger charge is -2.12. The summed E-state index contributed by atoms with van der Waals surface area (Å²) in [7, 11) is 0. The van der Waals surface area contributed by atoms with Crippen molar-refractivity contribution in [3.63, 3.8) is 0 Å². The summed E-state index contributed by atoms with van der Waals surface area (Å²) >= 11 is 3.23. The molecule has 5 nitrogen and oxygen atoms in total. The Bertz CT molecular complexity index is 733. The van der Waals surface area contributed by atoms with Gasteiger partial charge in [0, 0.05) is 30.0 Å². The summed E-state index contributed by atoms with van der Waals surface area (Å²) in [6, 6.07) is 5.00. The predicted octanol–water partition coefficient (Wildman–Crippen LogP) is 3.87. The molecule has 1 aromatic heterocycles. The van der Waals surface area contributed by atoms with Crippen LogP contribution >= 0.6 is 15.9 Å². The van der Waals surface area contributed by atoms with Crippen molar-refractivity contribution in [1.29, 1.82) is 0 Å². The van der Waals surface area contributed by atoms with Gasteiger partial charge in [0.05, 0.1) is 0 Å². The van der Waals surface area contributed by atoms with E-state index in [-0.39, 0.29) is 18.2 Å². The van der Waals surface area contributed by atoms with Crippen LogP contribution in [0.3, 0.4) is 0 Å². The normalized spacial score (nSPS) is 11.8. The highest BCUT2D eigenvalue weighted by Crippen LogP contribution is 2.16. The van der Waals surface area contributed by atoms with Gasteiger partial charge in [-0.05, 0) is 37.5 Å². The van der Waals surface area contributed by atoms with Crippen molar-refractivity contribution in [2.45, 2.75) is 32.9 Å². The first-order valence-electron chi connectivity index (χ1n) is 8.27. The molecule has 0 aliphatic carbocycles. The molecule has 0 bridgehead atoms. The van der Waals surface area contributed by atoms with Gasteiger partial charge in [0.1, 0.15) is 18.2 Å². The second kappa shape index (κ2) is 10.2. The molecular weight excluding hydrogens is 411 g/mol. The lowest BCUT2D eigenvalue weighted by atomic mass is 10.1. The van der Waals surface area contributed by atoms with Crippen molar-refractivity contribution in [2.24, 2.45) is 4.99 Å². The number of aromatic nitrogens is 2. The van der Waals surface area contributed by atoms with Crippen LogP contribution in [-0.2, 0) is 13.0 Å². The third kappa shape index (κ3) is 6.05. The molecule has 26 heavy (non-hydrogen) atoms. The molecule has 0 saturated carbocycles. The van der Waals surface area contributed by atoms with Crippen molar-refractivity contribution in [1.82, 2.24) is 20.2 Å². The largest absolute Gasteiger partial charge is 0.357 e. The molecule has 0 fully saturated rings. The predicted molar refractivity (Wildman–Crippen MR) is 98.7 cm³/mol. The molecule has 142 valence electrons. The smallest absolute Gasteiger partial charge is 0.319 e. The van der Waals surface area contributed by atoms with Gasteiger partial charge in [0.15, 0.2) is 5.96 Å². The van der Waals surface area contributed by atoms with Gasteiger partial charge in [-0.25, -0.2) is 14.4 Å². The van der Waals surface area contributed by atoms with Gasteiger partial charge in [-0.15, -0.1) is 0 Å². The van der Waals surface area contributed by atoms with Gasteiger partial charge in [-0.1, -0.05) is 22.0 Å². The number of hydrogen-bond donors (Lipinski definition) is 2. The lowest BCUT2D eigenvalue weighted by molar-refractivity contribution is 0.0671. The topological polar surface area (TPSA) is 54.2 Å². The maximum atomic E-state index is 13.8. The number of aryl methyl sites for hydroxylation is 1. The maximum absolute atomic E-state index is 13.8. The molecule has 0 aliphatic rings. The SMILES string of the molecule is CCNC(=NCc1nccn1C(F)F)NCCCc1ccc(Br)cc1F. The molecule has 1 heterocycles. The summed E-state index contributed by atoms with van der Waals surface area (Å²) in [5.74, 6) is 0.459. The molecular formula is C17H21BrF3N5. The second-order valence-electron chi connectivity index (χ2n) is 5.49. The van der Waals surface area contributed by atoms with Crippen LogP contribution in [0.25, 0.3) is 0 Å². The maximum Gasteiger partial charge on any atom is 0.319 e. The van der Waals surface area contributed by atoms with E-state index in [9.17, 15) is 13.2 Å². The molecule has 1 aromatic carbocycles. The van der Waals surface area contributed by atoms with Crippen LogP contribution in [0, 0.1) is 5.82 Å². The molecule has 0 radical (unpaired) electrons. The number of alkyl halides is 2. The van der Waals surface area contributed by atoms with Gasteiger partial charge in [0.25, 0.3) is 0 Å². The van der Waals surface area contributed by atoms with Gasteiger partial charge in [0.2, 0.25) is 0 Å². The van der Waals surface area contributed by atoms with Crippen molar-refractivity contribution in [2.75, 3.05) is 13.1 Å². The molecule has 0 aliphatic heterocycles. The van der Waals surface area contributed by atoms with Gasteiger partial charge in [-0.2, -0.15) is 8.78 Å². The first kappa shape index (κ1) is 20.3. The van der Waals surface area contributed by atoms with Crippen molar-refractivity contribution >= 4 is 21.9 Å². The Hall–Kier alpha value is -2.03. The van der Waals surface area contributed by atoms with Gasteiger partial charge < -0.3 is 10.6 Å². The number of nitrogens with one attached hydrogen (secondary N) is 2. The minimum atomic E-state index is -2.64. The third-order valence-electron chi connectivity index (χ3n) is 3.61. The Morgan fingerprint density at radius 2 is 2.15 bits per heavy atom. The number of hydrogen-bond acceptors (Lipinski definition) is 2. The summed E-state index contributed by atoms with van der Waals surface area (Å²) in [5.41, 5.74) is 0.649. The van der Waals surface area contributed by atoms with Crippen molar-refractivity contribution < 1.29 is 13.2 Å². The zero-order chi connectivity index (χ0) is 18.9. The van der Waals surface area contributed by atoms with E-state index >= 15 is 0 Å². The highest BCUT2D eigenvalue weighted by atomic mass is 79.9. The van der Waals surface area contributed by atoms with E-state index in [1.54, 1.807) is 6.07 Å². The highest BCUT2D eigenvalue weighted by Gasteiger charge is 2.11. The molecule has 0 unspecified atom stereocenters. The highest BCUT2D eigenvalue weighted by molar-refractivity contribution is 9.10. The van der Waals surface area contributed by atoms with E-state index < -0.39 is 6.55 Å². The minimum Gasteiger partial charge on any atom is -0.357 e. The number of guanidine groups is 1. The van der Waals surface area contributed by atoms with Crippen LogP contribution in [0.2, 0.25) is 0 Å². The first-order valence-corrected chi connectivity index (χ1v) is 9.06. The van der Waals surface area contributed by atoms with E-state index in [2.05, 4.69) is 36.5 Å². The molecule has 0 atom stereocenters. The third-order valence-corrected chi connectivity index (χ3v) is 4.11. The molecule has 0 amide bonds. The average molecular weight is 432 g/mol. The number of benzene rings is 1. The Morgan fingerprint density at radius 3 is 2.85 bits per heavy atom. The van der Waals surface area contributed by atoms with Crippen LogP contribution in [-0.4, -0.2) is 28.6 Å². The van der Waals surface area contributed by atoms with E-state index in [0.29, 0.717) is 41.9 Å². The standard InChI is InChI=1S/C17H21BrF3N5/c1-2-22-17(25-11-15-23-8-9-26(15)16(20)21)24-7-3-4-12-5-6-13(18)10-14(12)19/h5-6,8-10,16H,2-4,7,11H2,1H3,(H2,22,24,25). The number of halogens is 4. The fraction of sp³-hybridized carbons (Fsp3) is 0.412. The average Bonchev–Trinajstić information content (AvgIpc) is 3.06. The summed E-state index contributed by atoms with van der Waals surface area (Å²) < 4.78 is 40.9. The van der Waals surface area contributed by atoms with Crippen LogP contribution in [0.1, 0.15) is 31.3 Å². The summed E-state index contributed by atoms with van der Waals surface area (Å²) in [6.45, 7) is 0.517. The molecule has 0 saturated heterocycles. The number of rotatable bonds is 8. The lowest BCUT2D eigenvalue weighted by Crippen LogP contribution is -2.38. The Morgan fingerprint density at radius 1 is 1.35 bits per heavy atom. The summed E-state index contributed by atoms with van der Waals surface area (Å²) in [5, 5.41) is 6.16. The Balaban J connectivity index is 1.86. The zero-order valence-corrected chi connectivity index (χ0v) is 15.9. The molecule has 2 aromatic rings. The minimum absolute atomic E-state index is 0.0357. The monoisotopic (exact) mass is 431 g/mol. The Kier molecular flexibility index (Phi) is 7.96. The quantitative estimate of drug-likeness (QED) is 0.379. The van der Waals surface area contributed by atoms with Crippen LogP contribution < -0.4 is 10.6 Å². The van der Waals surface area contributed by atoms with Crippen LogP contribution in [0.5, 0.6) is 0 Å². The zero-order valence-electron chi connectivity index (χ0n) is 14.4. The molecule has 2 N–H and O–H groups in total. The van der Waals surface area contributed by atoms with Gasteiger partial charge in [-0.3, -0.25) is 4.57 Å². The number of imidazole rings is 1. The molecule has 2 rings (SSSR count). The first-order chi connectivity index (χ1) is 12.5. The number of aliphatic imine (C=N–C) groups is 1. The second-order valence-corrected chi connectivity index (χ2v) is 6.41. The van der Waals surface area contributed by atoms with E-state index in [4.69, 9.17) is 0 Å². The van der Waals surface area contributed by atoms with Crippen molar-refractivity contribution in [3.05, 3.63) is 52.3 Å². The fourth-order valence-corrected chi connectivity index (χ4v) is 2.68. The van der Waals surface area contributed by atoms with E-state index in [1.807, 2.05) is 13.0 Å². The van der Waals surface area contributed by atoms with E-state index in [0.717, 1.165) is 4.57 Å². The molecule has 9 heteroatoms. The fourth-order valence-electron chi connectivity index (χ4n) is 2.35. The summed E-state index contributed by atoms with van der Waals surface area (Å²) in [6.07, 6.45) is 3.84.